The summed E-state index contributed by atoms with van der Waals surface area (Å²) in [4.78, 5) is 24.5. The van der Waals surface area contributed by atoms with Crippen molar-refractivity contribution in [2.75, 3.05) is 37.7 Å². The fourth-order valence-corrected chi connectivity index (χ4v) is 2.42. The van der Waals surface area contributed by atoms with Gasteiger partial charge in [-0.3, -0.25) is 4.79 Å². The van der Waals surface area contributed by atoms with Crippen molar-refractivity contribution in [1.29, 1.82) is 0 Å². The summed E-state index contributed by atoms with van der Waals surface area (Å²) in [6, 6.07) is 0. The van der Waals surface area contributed by atoms with Crippen LogP contribution in [0.25, 0.3) is 0 Å². The number of aliphatic hydroxyl groups excluding tert-OH is 1. The average molecular weight is 299 g/mol. The fourth-order valence-electron chi connectivity index (χ4n) is 2.25. The first kappa shape index (κ1) is 15.0. The molecule has 1 N–H and O–H groups in total. The van der Waals surface area contributed by atoms with Gasteiger partial charge in [0.1, 0.15) is 0 Å². The number of carbonyl (C=O) groups excluding carboxylic acids is 1. The van der Waals surface area contributed by atoms with Crippen molar-refractivity contribution >= 4 is 23.5 Å². The summed E-state index contributed by atoms with van der Waals surface area (Å²) in [5.41, 5.74) is 0.207. The molecule has 110 valence electrons. The normalized spacial score (nSPS) is 14.7. The van der Waals surface area contributed by atoms with Crippen LogP contribution in [0.1, 0.15) is 30.3 Å². The number of aromatic nitrogens is 2. The molecule has 1 saturated heterocycles. The number of rotatable bonds is 5. The predicted molar refractivity (Wildman–Crippen MR) is 77.2 cm³/mol. The molecule has 1 amide bonds. The van der Waals surface area contributed by atoms with E-state index in [-0.39, 0.29) is 29.8 Å². The summed E-state index contributed by atoms with van der Waals surface area (Å²) in [7, 11) is 0. The highest BCUT2D eigenvalue weighted by atomic mass is 35.5. The number of likely N-dealkylation sites (N-methyl/N-ethyl adjacent to an activating group) is 1. The Balaban J connectivity index is 2.25. The molecule has 7 heteroatoms. The van der Waals surface area contributed by atoms with Crippen molar-refractivity contribution in [3.05, 3.63) is 16.9 Å². The van der Waals surface area contributed by atoms with Crippen LogP contribution in [-0.4, -0.2) is 58.7 Å². The van der Waals surface area contributed by atoms with Crippen LogP contribution in [0.3, 0.4) is 0 Å². The Hall–Kier alpha value is -1.40. The van der Waals surface area contributed by atoms with Gasteiger partial charge >= 0.3 is 0 Å². The molecule has 2 heterocycles. The van der Waals surface area contributed by atoms with E-state index in [1.165, 1.54) is 11.1 Å². The van der Waals surface area contributed by atoms with Gasteiger partial charge in [-0.25, -0.2) is 9.97 Å². The molecule has 0 radical (unpaired) electrons. The molecule has 0 saturated carbocycles. The van der Waals surface area contributed by atoms with Gasteiger partial charge in [0.2, 0.25) is 5.95 Å². The Bertz CT molecular complexity index is 477. The van der Waals surface area contributed by atoms with E-state index in [0.717, 1.165) is 25.9 Å². The minimum Gasteiger partial charge on any atom is -0.395 e. The van der Waals surface area contributed by atoms with Crippen LogP contribution in [0.4, 0.5) is 5.95 Å². The molecule has 0 aromatic carbocycles. The third kappa shape index (κ3) is 3.19. The second kappa shape index (κ2) is 6.85. The maximum Gasteiger partial charge on any atom is 0.274 e. The van der Waals surface area contributed by atoms with Crippen LogP contribution in [0.15, 0.2) is 6.20 Å². The molecule has 2 rings (SSSR count). The van der Waals surface area contributed by atoms with Crippen LogP contribution in [0.5, 0.6) is 0 Å². The number of carbonyl (C=O) groups is 1. The van der Waals surface area contributed by atoms with Crippen molar-refractivity contribution in [3.63, 3.8) is 0 Å². The van der Waals surface area contributed by atoms with Crippen LogP contribution >= 0.6 is 11.6 Å². The van der Waals surface area contributed by atoms with E-state index < -0.39 is 0 Å². The summed E-state index contributed by atoms with van der Waals surface area (Å²) in [6.07, 6.45) is 3.70. The molecule has 1 aliphatic heterocycles. The van der Waals surface area contributed by atoms with Gasteiger partial charge in [-0.2, -0.15) is 0 Å². The first-order valence-electron chi connectivity index (χ1n) is 6.85. The van der Waals surface area contributed by atoms with Crippen LogP contribution < -0.4 is 4.90 Å². The smallest absolute Gasteiger partial charge is 0.274 e. The Morgan fingerprint density at radius 1 is 1.50 bits per heavy atom. The van der Waals surface area contributed by atoms with Crippen LogP contribution in [0, 0.1) is 0 Å². The molecular formula is C13H19ClN4O2. The number of anilines is 1. The molecule has 6 nitrogen and oxygen atoms in total. The number of aliphatic hydroxyl groups is 1. The van der Waals surface area contributed by atoms with Gasteiger partial charge in [0.25, 0.3) is 5.91 Å². The van der Waals surface area contributed by atoms with Gasteiger partial charge < -0.3 is 14.9 Å². The van der Waals surface area contributed by atoms with E-state index in [9.17, 15) is 4.79 Å². The number of hydrogen-bond donors (Lipinski definition) is 1. The third-order valence-electron chi connectivity index (χ3n) is 3.36. The lowest BCUT2D eigenvalue weighted by molar-refractivity contribution is 0.0726. The van der Waals surface area contributed by atoms with Gasteiger partial charge in [0, 0.05) is 26.2 Å². The van der Waals surface area contributed by atoms with E-state index in [1.807, 2.05) is 6.92 Å². The fraction of sp³-hybridized carbons (Fsp3) is 0.615. The number of hydrogen-bond acceptors (Lipinski definition) is 5. The summed E-state index contributed by atoms with van der Waals surface area (Å²) in [5, 5.41) is 9.24. The second-order valence-corrected chi connectivity index (χ2v) is 5.08. The SMILES string of the molecule is CCN(CCO)C(=O)c1nc(N2CCCC2)ncc1Cl. The molecule has 0 unspecified atom stereocenters. The van der Waals surface area contributed by atoms with Gasteiger partial charge in [0.05, 0.1) is 17.8 Å². The zero-order valence-electron chi connectivity index (χ0n) is 11.5. The summed E-state index contributed by atoms with van der Waals surface area (Å²) < 4.78 is 0. The molecule has 0 spiro atoms. The van der Waals surface area contributed by atoms with E-state index in [4.69, 9.17) is 16.7 Å². The topological polar surface area (TPSA) is 69.6 Å². The summed E-state index contributed by atoms with van der Waals surface area (Å²) in [6.45, 7) is 4.35. The molecule has 1 aliphatic rings. The Morgan fingerprint density at radius 3 is 2.80 bits per heavy atom. The van der Waals surface area contributed by atoms with Gasteiger partial charge in [0.15, 0.2) is 5.69 Å². The molecule has 0 aliphatic carbocycles. The summed E-state index contributed by atoms with van der Waals surface area (Å²) >= 11 is 6.05. The van der Waals surface area contributed by atoms with Crippen LogP contribution in [-0.2, 0) is 0 Å². The highest BCUT2D eigenvalue weighted by Crippen LogP contribution is 2.20. The number of nitrogens with zero attached hydrogens (tertiary/aromatic N) is 4. The molecule has 1 aromatic heterocycles. The molecule has 0 atom stereocenters. The average Bonchev–Trinajstić information content (AvgIpc) is 2.98. The van der Waals surface area contributed by atoms with E-state index in [1.54, 1.807) is 0 Å². The van der Waals surface area contributed by atoms with Gasteiger partial charge in [-0.15, -0.1) is 0 Å². The number of amides is 1. The third-order valence-corrected chi connectivity index (χ3v) is 3.64. The number of halogens is 1. The Labute approximate surface area is 123 Å². The second-order valence-electron chi connectivity index (χ2n) is 4.67. The maximum atomic E-state index is 12.4. The first-order chi connectivity index (χ1) is 9.67. The lowest BCUT2D eigenvalue weighted by atomic mass is 10.3. The zero-order chi connectivity index (χ0) is 14.5. The Morgan fingerprint density at radius 2 is 2.20 bits per heavy atom. The Kier molecular flexibility index (Phi) is 5.14. The lowest BCUT2D eigenvalue weighted by Gasteiger charge is -2.21. The van der Waals surface area contributed by atoms with Crippen LogP contribution in [0.2, 0.25) is 5.02 Å². The largest absolute Gasteiger partial charge is 0.395 e. The molecule has 1 fully saturated rings. The quantitative estimate of drug-likeness (QED) is 0.884. The van der Waals surface area contributed by atoms with E-state index >= 15 is 0 Å². The molecule has 20 heavy (non-hydrogen) atoms. The van der Waals surface area contributed by atoms with Crippen molar-refractivity contribution in [1.82, 2.24) is 14.9 Å². The predicted octanol–water partition coefficient (Wildman–Crippen LogP) is 1.18. The highest BCUT2D eigenvalue weighted by molar-refractivity contribution is 6.33. The lowest BCUT2D eigenvalue weighted by Crippen LogP contribution is -2.34. The molecule has 1 aromatic rings. The standard InChI is InChI=1S/C13H19ClN4O2/c1-2-17(7-8-19)12(20)11-10(14)9-15-13(16-11)18-5-3-4-6-18/h9,19H,2-8H2,1H3. The zero-order valence-corrected chi connectivity index (χ0v) is 12.3. The van der Waals surface area contributed by atoms with E-state index in [0.29, 0.717) is 12.5 Å². The highest BCUT2D eigenvalue weighted by Gasteiger charge is 2.22. The van der Waals surface area contributed by atoms with Crippen molar-refractivity contribution in [3.8, 4) is 0 Å². The first-order valence-corrected chi connectivity index (χ1v) is 7.22. The maximum absolute atomic E-state index is 12.4. The monoisotopic (exact) mass is 298 g/mol. The minimum absolute atomic E-state index is 0.0821. The minimum atomic E-state index is -0.269. The van der Waals surface area contributed by atoms with Gasteiger partial charge in [-0.05, 0) is 19.8 Å². The van der Waals surface area contributed by atoms with E-state index in [2.05, 4.69) is 14.9 Å². The van der Waals surface area contributed by atoms with Crippen molar-refractivity contribution < 1.29 is 9.90 Å². The summed E-state index contributed by atoms with van der Waals surface area (Å²) in [5.74, 6) is 0.282. The molecule has 0 bridgehead atoms. The van der Waals surface area contributed by atoms with Crippen molar-refractivity contribution in [2.24, 2.45) is 0 Å². The van der Waals surface area contributed by atoms with Crippen molar-refractivity contribution in [2.45, 2.75) is 19.8 Å². The molecular weight excluding hydrogens is 280 g/mol. The van der Waals surface area contributed by atoms with Gasteiger partial charge in [-0.1, -0.05) is 11.6 Å².